The number of rotatable bonds is 4. The molecule has 0 saturated carbocycles. The summed E-state index contributed by atoms with van der Waals surface area (Å²) in [7, 11) is 4.05. The van der Waals surface area contributed by atoms with Gasteiger partial charge in [0.05, 0.1) is 5.54 Å². The van der Waals surface area contributed by atoms with E-state index in [1.54, 1.807) is 0 Å². The highest BCUT2D eigenvalue weighted by Gasteiger charge is 2.26. The van der Waals surface area contributed by atoms with Crippen LogP contribution in [0.15, 0.2) is 55.6 Å². The SMILES string of the molecule is C=CC(C=C)(c1ccccc1)N(C)C. The summed E-state index contributed by atoms with van der Waals surface area (Å²) in [5.41, 5.74) is 0.927. The molecule has 0 aliphatic heterocycles. The first-order valence-corrected chi connectivity index (χ1v) is 4.67. The summed E-state index contributed by atoms with van der Waals surface area (Å²) < 4.78 is 0. The first-order chi connectivity index (χ1) is 6.67. The Bertz CT molecular complexity index is 303. The van der Waals surface area contributed by atoms with Crippen molar-refractivity contribution in [3.05, 3.63) is 61.2 Å². The summed E-state index contributed by atoms with van der Waals surface area (Å²) in [6, 6.07) is 10.2. The van der Waals surface area contributed by atoms with E-state index in [0.29, 0.717) is 0 Å². The van der Waals surface area contributed by atoms with E-state index in [1.165, 1.54) is 5.56 Å². The third-order valence-electron chi connectivity index (χ3n) is 2.60. The van der Waals surface area contributed by atoms with E-state index in [9.17, 15) is 0 Å². The summed E-state index contributed by atoms with van der Waals surface area (Å²) in [6.45, 7) is 7.78. The van der Waals surface area contributed by atoms with Gasteiger partial charge in [0.1, 0.15) is 0 Å². The molecule has 0 N–H and O–H groups in total. The van der Waals surface area contributed by atoms with Gasteiger partial charge in [-0.15, -0.1) is 13.2 Å². The van der Waals surface area contributed by atoms with E-state index in [4.69, 9.17) is 0 Å². The number of benzene rings is 1. The normalized spacial score (nSPS) is 11.4. The Hall–Kier alpha value is -1.34. The Morgan fingerprint density at radius 1 is 1.07 bits per heavy atom. The second-order valence-corrected chi connectivity index (χ2v) is 3.49. The van der Waals surface area contributed by atoms with Crippen LogP contribution in [0.1, 0.15) is 5.56 Å². The van der Waals surface area contributed by atoms with Crippen molar-refractivity contribution < 1.29 is 0 Å². The van der Waals surface area contributed by atoms with Gasteiger partial charge >= 0.3 is 0 Å². The molecule has 0 unspecified atom stereocenters. The summed E-state index contributed by atoms with van der Waals surface area (Å²) in [5, 5.41) is 0. The maximum atomic E-state index is 3.89. The average Bonchev–Trinajstić information content (AvgIpc) is 2.22. The molecule has 1 heteroatoms. The molecule has 0 amide bonds. The maximum Gasteiger partial charge on any atom is 0.0822 e. The van der Waals surface area contributed by atoms with Gasteiger partial charge in [0.25, 0.3) is 0 Å². The van der Waals surface area contributed by atoms with Crippen LogP contribution >= 0.6 is 0 Å². The number of nitrogens with zero attached hydrogens (tertiary/aromatic N) is 1. The summed E-state index contributed by atoms with van der Waals surface area (Å²) in [5.74, 6) is 0. The summed E-state index contributed by atoms with van der Waals surface area (Å²) in [6.07, 6.45) is 3.82. The smallest absolute Gasteiger partial charge is 0.0822 e. The van der Waals surface area contributed by atoms with Crippen LogP contribution in [-0.4, -0.2) is 19.0 Å². The topological polar surface area (TPSA) is 3.24 Å². The quantitative estimate of drug-likeness (QED) is 0.655. The lowest BCUT2D eigenvalue weighted by molar-refractivity contribution is 0.268. The molecule has 1 nitrogen and oxygen atoms in total. The van der Waals surface area contributed by atoms with E-state index in [1.807, 2.05) is 44.4 Å². The Morgan fingerprint density at radius 3 is 1.93 bits per heavy atom. The molecule has 1 aromatic carbocycles. The lowest BCUT2D eigenvalue weighted by atomic mass is 9.89. The summed E-state index contributed by atoms with van der Waals surface area (Å²) in [4.78, 5) is 2.10. The van der Waals surface area contributed by atoms with Gasteiger partial charge in [-0.3, -0.25) is 4.90 Å². The third kappa shape index (κ3) is 1.64. The lowest BCUT2D eigenvalue weighted by Crippen LogP contribution is -2.37. The van der Waals surface area contributed by atoms with Gasteiger partial charge < -0.3 is 0 Å². The zero-order valence-electron chi connectivity index (χ0n) is 8.90. The zero-order valence-corrected chi connectivity index (χ0v) is 8.90. The van der Waals surface area contributed by atoms with Gasteiger partial charge in [-0.05, 0) is 19.7 Å². The molecule has 0 atom stereocenters. The van der Waals surface area contributed by atoms with Crippen LogP contribution in [0.3, 0.4) is 0 Å². The average molecular weight is 187 g/mol. The van der Waals surface area contributed by atoms with Crippen molar-refractivity contribution in [2.24, 2.45) is 0 Å². The highest BCUT2D eigenvalue weighted by Crippen LogP contribution is 2.28. The number of likely N-dealkylation sites (N-methyl/N-ethyl adjacent to an activating group) is 1. The van der Waals surface area contributed by atoms with Crippen LogP contribution in [0, 0.1) is 0 Å². The van der Waals surface area contributed by atoms with Crippen LogP contribution in [0.5, 0.6) is 0 Å². The molecule has 0 aliphatic rings. The lowest BCUT2D eigenvalue weighted by Gasteiger charge is -2.34. The Labute approximate surface area is 86.4 Å². The van der Waals surface area contributed by atoms with E-state index >= 15 is 0 Å². The fourth-order valence-electron chi connectivity index (χ4n) is 1.65. The van der Waals surface area contributed by atoms with E-state index < -0.39 is 0 Å². The van der Waals surface area contributed by atoms with Gasteiger partial charge in [-0.25, -0.2) is 0 Å². The monoisotopic (exact) mass is 187 g/mol. The second-order valence-electron chi connectivity index (χ2n) is 3.49. The minimum absolute atomic E-state index is 0.263. The van der Waals surface area contributed by atoms with Gasteiger partial charge in [-0.2, -0.15) is 0 Å². The van der Waals surface area contributed by atoms with E-state index in [2.05, 4.69) is 30.2 Å². The van der Waals surface area contributed by atoms with E-state index in [-0.39, 0.29) is 5.54 Å². The molecular formula is C13H17N. The molecule has 0 spiro atoms. The van der Waals surface area contributed by atoms with Gasteiger partial charge in [0.15, 0.2) is 0 Å². The number of hydrogen-bond donors (Lipinski definition) is 0. The van der Waals surface area contributed by atoms with Crippen molar-refractivity contribution in [2.45, 2.75) is 5.54 Å². The fraction of sp³-hybridized carbons (Fsp3) is 0.231. The van der Waals surface area contributed by atoms with Crippen LogP contribution in [0.25, 0.3) is 0 Å². The molecule has 0 bridgehead atoms. The molecule has 0 saturated heterocycles. The molecular weight excluding hydrogens is 170 g/mol. The van der Waals surface area contributed by atoms with Crippen molar-refractivity contribution in [1.82, 2.24) is 4.90 Å². The first-order valence-electron chi connectivity index (χ1n) is 4.67. The van der Waals surface area contributed by atoms with Gasteiger partial charge in [0, 0.05) is 0 Å². The van der Waals surface area contributed by atoms with Crippen LogP contribution in [-0.2, 0) is 5.54 Å². The van der Waals surface area contributed by atoms with Gasteiger partial charge in [0.2, 0.25) is 0 Å². The Balaban J connectivity index is 3.24. The third-order valence-corrected chi connectivity index (χ3v) is 2.60. The number of hydrogen-bond acceptors (Lipinski definition) is 1. The standard InChI is InChI=1S/C13H17N/c1-5-13(6-2,14(3)4)12-10-8-7-9-11-12/h5-11H,1-2H2,3-4H3. The molecule has 0 radical (unpaired) electrons. The summed E-state index contributed by atoms with van der Waals surface area (Å²) >= 11 is 0. The molecule has 1 aromatic rings. The second kappa shape index (κ2) is 4.25. The minimum atomic E-state index is -0.263. The Kier molecular flexibility index (Phi) is 3.26. The largest absolute Gasteiger partial charge is 0.293 e. The van der Waals surface area contributed by atoms with Crippen LogP contribution in [0.4, 0.5) is 0 Å². The predicted octanol–water partition coefficient (Wildman–Crippen LogP) is 2.82. The Morgan fingerprint density at radius 2 is 1.57 bits per heavy atom. The highest BCUT2D eigenvalue weighted by atomic mass is 15.1. The molecule has 0 aromatic heterocycles. The molecule has 74 valence electrons. The zero-order chi connectivity index (χ0) is 10.6. The molecule has 0 fully saturated rings. The predicted molar refractivity (Wildman–Crippen MR) is 62.2 cm³/mol. The van der Waals surface area contributed by atoms with E-state index in [0.717, 1.165) is 0 Å². The van der Waals surface area contributed by atoms with Crippen molar-refractivity contribution in [3.8, 4) is 0 Å². The van der Waals surface area contributed by atoms with Crippen LogP contribution < -0.4 is 0 Å². The highest BCUT2D eigenvalue weighted by molar-refractivity contribution is 5.34. The van der Waals surface area contributed by atoms with Crippen molar-refractivity contribution in [1.29, 1.82) is 0 Å². The maximum absolute atomic E-state index is 3.89. The molecule has 0 aliphatic carbocycles. The van der Waals surface area contributed by atoms with Gasteiger partial charge in [-0.1, -0.05) is 42.5 Å². The van der Waals surface area contributed by atoms with Crippen LogP contribution in [0.2, 0.25) is 0 Å². The van der Waals surface area contributed by atoms with Crippen molar-refractivity contribution in [3.63, 3.8) is 0 Å². The minimum Gasteiger partial charge on any atom is -0.293 e. The molecule has 14 heavy (non-hydrogen) atoms. The molecule has 1 rings (SSSR count). The fourth-order valence-corrected chi connectivity index (χ4v) is 1.65. The molecule has 0 heterocycles. The van der Waals surface area contributed by atoms with Crippen molar-refractivity contribution >= 4 is 0 Å². The first kappa shape index (κ1) is 10.7. The van der Waals surface area contributed by atoms with Crippen molar-refractivity contribution in [2.75, 3.05) is 14.1 Å².